The van der Waals surface area contributed by atoms with E-state index < -0.39 is 23.9 Å². The lowest BCUT2D eigenvalue weighted by Crippen LogP contribution is -2.33. The SMILES string of the molecule is CCCc1c(OCCCN(C)C(=O)Nc2cc(C(=O)O)ccn2)ccc2c(C(F)(F)F)noc12. The number of urea groups is 1. The van der Waals surface area contributed by atoms with Gasteiger partial charge >= 0.3 is 18.2 Å². The Morgan fingerprint density at radius 3 is 2.71 bits per heavy atom. The van der Waals surface area contributed by atoms with Gasteiger partial charge in [0.15, 0.2) is 11.3 Å². The lowest BCUT2D eigenvalue weighted by molar-refractivity contribution is -0.141. The van der Waals surface area contributed by atoms with Crippen molar-refractivity contribution in [3.05, 3.63) is 47.3 Å². The highest BCUT2D eigenvalue weighted by atomic mass is 19.4. The molecule has 0 aliphatic carbocycles. The largest absolute Gasteiger partial charge is 0.493 e. The summed E-state index contributed by atoms with van der Waals surface area (Å²) in [6, 6.07) is 4.82. The van der Waals surface area contributed by atoms with Gasteiger partial charge in [0.05, 0.1) is 17.6 Å². The molecule has 0 fully saturated rings. The van der Waals surface area contributed by atoms with Gasteiger partial charge in [-0.2, -0.15) is 13.2 Å². The molecule has 3 aromatic rings. The van der Waals surface area contributed by atoms with Gasteiger partial charge in [-0.1, -0.05) is 18.5 Å². The number of pyridine rings is 1. The van der Waals surface area contributed by atoms with Crippen LogP contribution in [0.3, 0.4) is 0 Å². The van der Waals surface area contributed by atoms with Gasteiger partial charge in [0, 0.05) is 25.4 Å². The van der Waals surface area contributed by atoms with E-state index in [-0.39, 0.29) is 29.0 Å². The third-order valence-corrected chi connectivity index (χ3v) is 4.95. The third kappa shape index (κ3) is 5.74. The van der Waals surface area contributed by atoms with E-state index in [0.717, 1.165) is 0 Å². The molecule has 0 atom stereocenters. The smallest absolute Gasteiger partial charge is 0.437 e. The number of aryl methyl sites for hydroxylation is 1. The van der Waals surface area contributed by atoms with Crippen LogP contribution in [0.25, 0.3) is 11.0 Å². The van der Waals surface area contributed by atoms with Crippen molar-refractivity contribution in [2.75, 3.05) is 25.5 Å². The standard InChI is InChI=1S/C22H23F3N4O5/c1-3-5-14-16(7-6-15-18(14)34-28-19(15)22(23,24)25)33-11-4-10-29(2)21(32)27-17-12-13(20(30)31)8-9-26-17/h6-9,12H,3-5,10-11H2,1-2H3,(H,30,31)(H,26,27,32). The quantitative estimate of drug-likeness (QED) is 0.422. The average molecular weight is 480 g/mol. The monoisotopic (exact) mass is 480 g/mol. The number of hydrogen-bond donors (Lipinski definition) is 2. The fraction of sp³-hybridized carbons (Fsp3) is 0.364. The van der Waals surface area contributed by atoms with E-state index >= 15 is 0 Å². The van der Waals surface area contributed by atoms with Crippen LogP contribution in [0, 0.1) is 0 Å². The van der Waals surface area contributed by atoms with Gasteiger partial charge in [-0.15, -0.1) is 0 Å². The molecule has 0 spiro atoms. The lowest BCUT2D eigenvalue weighted by Gasteiger charge is -2.18. The maximum atomic E-state index is 13.1. The first kappa shape index (κ1) is 24.8. The topological polar surface area (TPSA) is 118 Å². The van der Waals surface area contributed by atoms with Gasteiger partial charge in [-0.25, -0.2) is 14.6 Å². The Morgan fingerprint density at radius 1 is 1.26 bits per heavy atom. The van der Waals surface area contributed by atoms with E-state index in [1.165, 1.54) is 35.4 Å². The van der Waals surface area contributed by atoms with Gasteiger partial charge in [-0.05, 0) is 37.1 Å². The van der Waals surface area contributed by atoms with Crippen molar-refractivity contribution in [1.29, 1.82) is 0 Å². The van der Waals surface area contributed by atoms with Crippen LogP contribution in [0.5, 0.6) is 5.75 Å². The number of fused-ring (bicyclic) bond motifs is 1. The molecule has 34 heavy (non-hydrogen) atoms. The summed E-state index contributed by atoms with van der Waals surface area (Å²) < 4.78 is 50.2. The Bertz CT molecular complexity index is 1180. The van der Waals surface area contributed by atoms with Crippen LogP contribution in [0.4, 0.5) is 23.8 Å². The first-order chi connectivity index (χ1) is 16.1. The molecule has 0 radical (unpaired) electrons. The van der Waals surface area contributed by atoms with Crippen LogP contribution in [0.15, 0.2) is 35.0 Å². The minimum absolute atomic E-state index is 0.00434. The van der Waals surface area contributed by atoms with Gasteiger partial charge in [0.2, 0.25) is 0 Å². The number of benzene rings is 1. The minimum atomic E-state index is -4.62. The van der Waals surface area contributed by atoms with Crippen molar-refractivity contribution < 1.29 is 37.1 Å². The van der Waals surface area contributed by atoms with Crippen LogP contribution in [0.1, 0.15) is 41.4 Å². The number of carboxylic acid groups (broad SMARTS) is 1. The summed E-state index contributed by atoms with van der Waals surface area (Å²) in [7, 11) is 1.55. The summed E-state index contributed by atoms with van der Waals surface area (Å²) in [5, 5.41) is 14.6. The molecule has 0 bridgehead atoms. The fourth-order valence-electron chi connectivity index (χ4n) is 3.29. The van der Waals surface area contributed by atoms with Crippen molar-refractivity contribution in [3.8, 4) is 5.75 Å². The molecule has 2 aromatic heterocycles. The molecule has 2 amide bonds. The number of nitrogens with zero attached hydrogens (tertiary/aromatic N) is 3. The predicted octanol–water partition coefficient (Wildman–Crippen LogP) is 4.83. The first-order valence-electron chi connectivity index (χ1n) is 10.4. The summed E-state index contributed by atoms with van der Waals surface area (Å²) in [5.74, 6) is -0.624. The molecule has 2 N–H and O–H groups in total. The average Bonchev–Trinajstić information content (AvgIpc) is 3.23. The number of nitrogens with one attached hydrogen (secondary N) is 1. The number of anilines is 1. The molecule has 0 saturated carbocycles. The zero-order valence-corrected chi connectivity index (χ0v) is 18.5. The highest BCUT2D eigenvalue weighted by molar-refractivity contribution is 5.92. The Balaban J connectivity index is 1.59. The van der Waals surface area contributed by atoms with Gasteiger partial charge in [-0.3, -0.25) is 5.32 Å². The molecule has 0 aliphatic rings. The van der Waals surface area contributed by atoms with E-state index in [1.54, 1.807) is 7.05 Å². The van der Waals surface area contributed by atoms with Gasteiger partial charge in [0.25, 0.3) is 0 Å². The zero-order chi connectivity index (χ0) is 24.9. The molecule has 12 heteroatoms. The second-order valence-corrected chi connectivity index (χ2v) is 7.49. The van der Waals surface area contributed by atoms with E-state index in [4.69, 9.17) is 14.4 Å². The summed E-state index contributed by atoms with van der Waals surface area (Å²) in [4.78, 5) is 28.6. The number of rotatable bonds is 9. The summed E-state index contributed by atoms with van der Waals surface area (Å²) in [6.45, 7) is 2.39. The number of aromatic carboxylic acids is 1. The van der Waals surface area contributed by atoms with E-state index in [2.05, 4.69) is 15.5 Å². The number of aromatic nitrogens is 2. The maximum absolute atomic E-state index is 13.1. The Morgan fingerprint density at radius 2 is 2.03 bits per heavy atom. The maximum Gasteiger partial charge on any atom is 0.437 e. The fourth-order valence-corrected chi connectivity index (χ4v) is 3.29. The van der Waals surface area contributed by atoms with Crippen molar-refractivity contribution >= 4 is 28.8 Å². The van der Waals surface area contributed by atoms with Crippen LogP contribution in [-0.2, 0) is 12.6 Å². The van der Waals surface area contributed by atoms with Crippen molar-refractivity contribution in [3.63, 3.8) is 0 Å². The second kappa shape index (κ2) is 10.4. The molecule has 2 heterocycles. The number of ether oxygens (including phenoxy) is 1. The molecule has 3 rings (SSSR count). The van der Waals surface area contributed by atoms with E-state index in [1.807, 2.05) is 6.92 Å². The number of carboxylic acids is 1. The number of alkyl halides is 3. The molecule has 9 nitrogen and oxygen atoms in total. The summed E-state index contributed by atoms with van der Waals surface area (Å²) >= 11 is 0. The predicted molar refractivity (Wildman–Crippen MR) is 116 cm³/mol. The number of amides is 2. The van der Waals surface area contributed by atoms with Crippen molar-refractivity contribution in [2.45, 2.75) is 32.4 Å². The van der Waals surface area contributed by atoms with E-state index in [9.17, 15) is 22.8 Å². The number of hydrogen-bond acceptors (Lipinski definition) is 6. The third-order valence-electron chi connectivity index (χ3n) is 4.95. The number of halogens is 3. The van der Waals surface area contributed by atoms with Crippen LogP contribution >= 0.6 is 0 Å². The second-order valence-electron chi connectivity index (χ2n) is 7.49. The zero-order valence-electron chi connectivity index (χ0n) is 18.5. The Labute approximate surface area is 192 Å². The summed E-state index contributed by atoms with van der Waals surface area (Å²) in [6.07, 6.45) is -1.79. The molecular weight excluding hydrogens is 457 g/mol. The van der Waals surface area contributed by atoms with Crippen LogP contribution in [-0.4, -0.2) is 52.3 Å². The van der Waals surface area contributed by atoms with Gasteiger partial charge < -0.3 is 19.3 Å². The summed E-state index contributed by atoms with van der Waals surface area (Å²) in [5.41, 5.74) is -0.504. The molecule has 0 saturated heterocycles. The van der Waals surface area contributed by atoms with E-state index in [0.29, 0.717) is 37.1 Å². The highest BCUT2D eigenvalue weighted by Gasteiger charge is 2.37. The molecule has 0 unspecified atom stereocenters. The molecule has 0 aliphatic heterocycles. The number of carbonyl (C=O) groups is 2. The minimum Gasteiger partial charge on any atom is -0.493 e. The first-order valence-corrected chi connectivity index (χ1v) is 10.4. The van der Waals surface area contributed by atoms with Crippen LogP contribution in [0.2, 0.25) is 0 Å². The Hall–Kier alpha value is -3.83. The normalized spacial score (nSPS) is 11.4. The lowest BCUT2D eigenvalue weighted by atomic mass is 10.0. The molecule has 182 valence electrons. The van der Waals surface area contributed by atoms with Crippen LogP contribution < -0.4 is 10.1 Å². The van der Waals surface area contributed by atoms with Crippen molar-refractivity contribution in [2.24, 2.45) is 0 Å². The molecular formula is C22H23F3N4O5. The van der Waals surface area contributed by atoms with Crippen molar-refractivity contribution in [1.82, 2.24) is 15.0 Å². The Kier molecular flexibility index (Phi) is 7.59. The molecule has 1 aromatic carbocycles. The number of carbonyl (C=O) groups excluding carboxylic acids is 1. The highest BCUT2D eigenvalue weighted by Crippen LogP contribution is 2.38. The van der Waals surface area contributed by atoms with Gasteiger partial charge in [0.1, 0.15) is 11.6 Å².